The zero-order chi connectivity index (χ0) is 12.8. The molecule has 0 radical (unpaired) electrons. The van der Waals surface area contributed by atoms with E-state index >= 15 is 0 Å². The van der Waals surface area contributed by atoms with Crippen molar-refractivity contribution < 1.29 is 14.2 Å². The molecule has 2 rings (SSSR count). The van der Waals surface area contributed by atoms with Gasteiger partial charge in [0.2, 0.25) is 0 Å². The van der Waals surface area contributed by atoms with Crippen LogP contribution in [0.2, 0.25) is 0 Å². The first-order chi connectivity index (χ1) is 8.85. The maximum Gasteiger partial charge on any atom is 0.165 e. The second kappa shape index (κ2) is 6.86. The number of hydrogen-bond acceptors (Lipinski definition) is 3. The van der Waals surface area contributed by atoms with Crippen molar-refractivity contribution >= 4 is 11.6 Å². The monoisotopic (exact) mass is 270 g/mol. The number of benzene rings is 1. The van der Waals surface area contributed by atoms with Gasteiger partial charge in [-0.25, -0.2) is 0 Å². The molecule has 3 nitrogen and oxygen atoms in total. The maximum atomic E-state index is 5.92. The van der Waals surface area contributed by atoms with Crippen molar-refractivity contribution in [1.82, 2.24) is 0 Å². The van der Waals surface area contributed by atoms with E-state index in [0.29, 0.717) is 12.5 Å². The van der Waals surface area contributed by atoms with Crippen molar-refractivity contribution in [3.63, 3.8) is 0 Å². The minimum Gasteiger partial charge on any atom is -0.493 e. The van der Waals surface area contributed by atoms with Crippen LogP contribution in [0.25, 0.3) is 0 Å². The summed E-state index contributed by atoms with van der Waals surface area (Å²) in [5, 5.41) is 0. The van der Waals surface area contributed by atoms with Crippen LogP contribution in [0.15, 0.2) is 18.2 Å². The molecule has 1 aromatic rings. The van der Waals surface area contributed by atoms with Gasteiger partial charge in [0, 0.05) is 12.2 Å². The fourth-order valence-electron chi connectivity index (χ4n) is 2.11. The van der Waals surface area contributed by atoms with Crippen LogP contribution in [0.3, 0.4) is 0 Å². The number of para-hydroxylation sites is 1. The first-order valence-electron chi connectivity index (χ1n) is 6.31. The van der Waals surface area contributed by atoms with Gasteiger partial charge in [-0.1, -0.05) is 12.1 Å². The summed E-state index contributed by atoms with van der Waals surface area (Å²) in [6, 6.07) is 5.75. The van der Waals surface area contributed by atoms with Crippen molar-refractivity contribution in [2.24, 2.45) is 0 Å². The fourth-order valence-corrected chi connectivity index (χ4v) is 2.32. The second-order valence-electron chi connectivity index (χ2n) is 4.38. The molecule has 1 unspecified atom stereocenters. The summed E-state index contributed by atoms with van der Waals surface area (Å²) in [6.45, 7) is 1.40. The third kappa shape index (κ3) is 3.30. The average molecular weight is 271 g/mol. The third-order valence-corrected chi connectivity index (χ3v) is 3.40. The fraction of sp³-hybridized carbons (Fsp3) is 0.571. The van der Waals surface area contributed by atoms with E-state index in [1.807, 2.05) is 18.2 Å². The molecule has 1 aliphatic rings. The lowest BCUT2D eigenvalue weighted by Gasteiger charge is -2.23. The van der Waals surface area contributed by atoms with Crippen LogP contribution in [0, 0.1) is 0 Å². The molecule has 0 aliphatic carbocycles. The summed E-state index contributed by atoms with van der Waals surface area (Å²) in [5.74, 6) is 1.88. The van der Waals surface area contributed by atoms with Crippen LogP contribution in [-0.4, -0.2) is 26.4 Å². The largest absolute Gasteiger partial charge is 0.493 e. The molecular formula is C14H19ClO3. The predicted molar refractivity (Wildman–Crippen MR) is 71.6 cm³/mol. The number of hydrogen-bond donors (Lipinski definition) is 0. The SMILES string of the molecule is COc1cccc(CCl)c1OCC1CCCCO1. The van der Waals surface area contributed by atoms with Crippen molar-refractivity contribution in [2.75, 3.05) is 20.3 Å². The lowest BCUT2D eigenvalue weighted by molar-refractivity contribution is -0.0116. The van der Waals surface area contributed by atoms with Crippen LogP contribution in [0.1, 0.15) is 24.8 Å². The molecule has 0 aromatic heterocycles. The predicted octanol–water partition coefficient (Wildman–Crippen LogP) is 3.38. The standard InChI is InChI=1S/C14H19ClO3/c1-16-13-7-4-5-11(9-15)14(13)18-10-12-6-2-3-8-17-12/h4-5,7,12H,2-3,6,8-10H2,1H3. The molecule has 1 saturated heterocycles. The lowest BCUT2D eigenvalue weighted by Crippen LogP contribution is -2.26. The smallest absolute Gasteiger partial charge is 0.165 e. The maximum absolute atomic E-state index is 5.92. The molecule has 4 heteroatoms. The Balaban J connectivity index is 2.02. The Hall–Kier alpha value is -0.930. The first-order valence-corrected chi connectivity index (χ1v) is 6.85. The number of methoxy groups -OCH3 is 1. The molecule has 0 saturated carbocycles. The van der Waals surface area contributed by atoms with E-state index in [1.54, 1.807) is 7.11 Å². The van der Waals surface area contributed by atoms with Crippen LogP contribution < -0.4 is 9.47 Å². The Bertz CT molecular complexity index is 353. The van der Waals surface area contributed by atoms with E-state index in [9.17, 15) is 0 Å². The van der Waals surface area contributed by atoms with Gasteiger partial charge in [0.15, 0.2) is 11.5 Å². The highest BCUT2D eigenvalue weighted by molar-refractivity contribution is 6.17. The van der Waals surface area contributed by atoms with Crippen LogP contribution in [0.5, 0.6) is 11.5 Å². The quantitative estimate of drug-likeness (QED) is 0.768. The van der Waals surface area contributed by atoms with Crippen LogP contribution in [0.4, 0.5) is 0 Å². The summed E-state index contributed by atoms with van der Waals surface area (Å²) < 4.78 is 16.8. The van der Waals surface area contributed by atoms with E-state index in [-0.39, 0.29) is 6.10 Å². The van der Waals surface area contributed by atoms with E-state index in [4.69, 9.17) is 25.8 Å². The Labute approximate surface area is 113 Å². The van der Waals surface area contributed by atoms with E-state index < -0.39 is 0 Å². The van der Waals surface area contributed by atoms with Gasteiger partial charge in [-0.2, -0.15) is 0 Å². The minimum atomic E-state index is 0.187. The molecule has 0 spiro atoms. The van der Waals surface area contributed by atoms with Crippen molar-refractivity contribution in [3.8, 4) is 11.5 Å². The first kappa shape index (κ1) is 13.5. The van der Waals surface area contributed by atoms with Gasteiger partial charge in [0.05, 0.1) is 19.1 Å². The number of ether oxygens (including phenoxy) is 3. The molecule has 100 valence electrons. The highest BCUT2D eigenvalue weighted by Crippen LogP contribution is 2.32. The Kier molecular flexibility index (Phi) is 5.14. The molecule has 0 bridgehead atoms. The molecule has 1 fully saturated rings. The summed E-state index contributed by atoms with van der Waals surface area (Å²) in [4.78, 5) is 0. The molecule has 1 aromatic carbocycles. The normalized spacial score (nSPS) is 19.6. The zero-order valence-corrected chi connectivity index (χ0v) is 11.4. The summed E-state index contributed by atoms with van der Waals surface area (Å²) in [7, 11) is 1.64. The molecule has 18 heavy (non-hydrogen) atoms. The molecule has 1 aliphatic heterocycles. The molecule has 0 amide bonds. The summed E-state index contributed by atoms with van der Waals surface area (Å²) >= 11 is 5.92. The van der Waals surface area contributed by atoms with Gasteiger partial charge in [0.25, 0.3) is 0 Å². The van der Waals surface area contributed by atoms with Gasteiger partial charge in [0.1, 0.15) is 6.61 Å². The van der Waals surface area contributed by atoms with Crippen LogP contribution >= 0.6 is 11.6 Å². The third-order valence-electron chi connectivity index (χ3n) is 3.11. The average Bonchev–Trinajstić information content (AvgIpc) is 2.45. The molecule has 1 atom stereocenters. The number of alkyl halides is 1. The number of halogens is 1. The van der Waals surface area contributed by atoms with E-state index in [0.717, 1.165) is 36.5 Å². The van der Waals surface area contributed by atoms with Crippen LogP contribution in [-0.2, 0) is 10.6 Å². The minimum absolute atomic E-state index is 0.187. The van der Waals surface area contributed by atoms with Crippen molar-refractivity contribution in [1.29, 1.82) is 0 Å². The van der Waals surface area contributed by atoms with Gasteiger partial charge in [-0.15, -0.1) is 11.6 Å². The van der Waals surface area contributed by atoms with Gasteiger partial charge in [-0.05, 0) is 25.3 Å². The Morgan fingerprint density at radius 3 is 2.94 bits per heavy atom. The molecular weight excluding hydrogens is 252 g/mol. The van der Waals surface area contributed by atoms with Crippen molar-refractivity contribution in [2.45, 2.75) is 31.2 Å². The lowest BCUT2D eigenvalue weighted by atomic mass is 10.1. The second-order valence-corrected chi connectivity index (χ2v) is 4.65. The van der Waals surface area contributed by atoms with Gasteiger partial charge >= 0.3 is 0 Å². The highest BCUT2D eigenvalue weighted by Gasteiger charge is 2.17. The van der Waals surface area contributed by atoms with E-state index in [2.05, 4.69) is 0 Å². The summed E-state index contributed by atoms with van der Waals surface area (Å²) in [6.07, 6.45) is 3.61. The highest BCUT2D eigenvalue weighted by atomic mass is 35.5. The molecule has 1 heterocycles. The molecule has 0 N–H and O–H groups in total. The van der Waals surface area contributed by atoms with Crippen molar-refractivity contribution in [3.05, 3.63) is 23.8 Å². The number of rotatable bonds is 5. The zero-order valence-electron chi connectivity index (χ0n) is 10.7. The summed E-state index contributed by atoms with van der Waals surface area (Å²) in [5.41, 5.74) is 0.951. The Morgan fingerprint density at radius 1 is 1.39 bits per heavy atom. The van der Waals surface area contributed by atoms with E-state index in [1.165, 1.54) is 6.42 Å². The van der Waals surface area contributed by atoms with Gasteiger partial charge < -0.3 is 14.2 Å². The topological polar surface area (TPSA) is 27.7 Å². The Morgan fingerprint density at radius 2 is 2.28 bits per heavy atom. The van der Waals surface area contributed by atoms with Gasteiger partial charge in [-0.3, -0.25) is 0 Å².